The molecule has 0 radical (unpaired) electrons. The van der Waals surface area contributed by atoms with Crippen LogP contribution in [0.5, 0.6) is 0 Å². The number of ether oxygens (including phenoxy) is 1. The summed E-state index contributed by atoms with van der Waals surface area (Å²) in [5, 5.41) is 8.75. The smallest absolute Gasteiger partial charge is 0.306 e. The second-order valence-electron chi connectivity index (χ2n) is 12.4. The largest absolute Gasteiger partial charge is 0.481 e. The lowest BCUT2D eigenvalue weighted by molar-refractivity contribution is -0.147. The number of rotatable bonds is 33. The van der Waals surface area contributed by atoms with Gasteiger partial charge in [-0.25, -0.2) is 0 Å². The highest BCUT2D eigenvalue weighted by molar-refractivity contribution is 5.69. The van der Waals surface area contributed by atoms with Crippen molar-refractivity contribution < 1.29 is 19.4 Å². The molecule has 0 rings (SSSR count). The highest BCUT2D eigenvalue weighted by Gasteiger charge is 2.11. The molecule has 0 aliphatic heterocycles. The molecule has 0 aliphatic carbocycles. The molecule has 250 valence electrons. The molecule has 1 N–H and O–H groups in total. The molecule has 0 spiro atoms. The molecule has 0 fully saturated rings. The zero-order chi connectivity index (χ0) is 31.5. The molecule has 0 aromatic carbocycles. The van der Waals surface area contributed by atoms with Crippen molar-refractivity contribution in [3.8, 4) is 0 Å². The molecule has 0 bridgehead atoms. The van der Waals surface area contributed by atoms with E-state index in [9.17, 15) is 9.59 Å². The molecule has 43 heavy (non-hydrogen) atoms. The minimum Gasteiger partial charge on any atom is -0.481 e. The van der Waals surface area contributed by atoms with Crippen LogP contribution in [0.4, 0.5) is 0 Å². The molecule has 0 saturated heterocycles. The van der Waals surface area contributed by atoms with Crippen LogP contribution < -0.4 is 0 Å². The quantitative estimate of drug-likeness (QED) is 0.0461. The summed E-state index contributed by atoms with van der Waals surface area (Å²) < 4.78 is 5.88. The van der Waals surface area contributed by atoms with Crippen LogP contribution in [0, 0.1) is 0 Å². The lowest BCUT2D eigenvalue weighted by atomic mass is 10.0. The molecule has 1 atom stereocenters. The highest BCUT2D eigenvalue weighted by Crippen LogP contribution is 2.16. The summed E-state index contributed by atoms with van der Waals surface area (Å²) >= 11 is 0. The summed E-state index contributed by atoms with van der Waals surface area (Å²) in [7, 11) is 0. The van der Waals surface area contributed by atoms with Crippen molar-refractivity contribution >= 4 is 11.9 Å². The van der Waals surface area contributed by atoms with Gasteiger partial charge in [0.25, 0.3) is 0 Å². The number of carbonyl (C=O) groups is 2. The zero-order valence-corrected chi connectivity index (χ0v) is 28.5. The van der Waals surface area contributed by atoms with Gasteiger partial charge in [-0.15, -0.1) is 0 Å². The minimum absolute atomic E-state index is 0.0612. The van der Waals surface area contributed by atoms with Crippen molar-refractivity contribution in [2.45, 2.75) is 200 Å². The van der Waals surface area contributed by atoms with Crippen LogP contribution in [0.15, 0.2) is 36.5 Å². The summed E-state index contributed by atoms with van der Waals surface area (Å²) in [5.41, 5.74) is 0. The maximum absolute atomic E-state index is 12.6. The molecule has 0 heterocycles. The van der Waals surface area contributed by atoms with Crippen LogP contribution in [0.1, 0.15) is 194 Å². The average Bonchev–Trinajstić information content (AvgIpc) is 2.99. The third-order valence-corrected chi connectivity index (χ3v) is 8.11. The van der Waals surface area contributed by atoms with Gasteiger partial charge >= 0.3 is 11.9 Å². The highest BCUT2D eigenvalue weighted by atomic mass is 16.5. The van der Waals surface area contributed by atoms with E-state index in [1.165, 1.54) is 89.9 Å². The van der Waals surface area contributed by atoms with Crippen LogP contribution in [0.3, 0.4) is 0 Å². The van der Waals surface area contributed by atoms with E-state index in [1.54, 1.807) is 0 Å². The molecule has 4 heteroatoms. The zero-order valence-electron chi connectivity index (χ0n) is 28.5. The SMILES string of the molecule is CC/C=C\C/C=C\C/C=C\C(CCCCCCCCC(=O)O)OC(=O)CCCCCCCCCCCCCCCCCC. The molecule has 0 amide bonds. The molecule has 0 aliphatic rings. The monoisotopic (exact) mass is 603 g/mol. The van der Waals surface area contributed by atoms with E-state index >= 15 is 0 Å². The number of unbranched alkanes of at least 4 members (excludes halogenated alkanes) is 20. The number of esters is 1. The van der Waals surface area contributed by atoms with Crippen LogP contribution in [-0.4, -0.2) is 23.1 Å². The standard InChI is InChI=1S/C39H70O4/c1-3-5-7-9-11-13-14-15-16-17-18-19-20-22-28-32-36-39(42)43-37(33-29-25-21-12-10-8-6-4-2)34-30-26-23-24-27-31-35-38(40)41/h6,8,12,21,29,33,37H,3-5,7,9-11,13-20,22-28,30-32,34-36H2,1-2H3,(H,40,41)/b8-6-,21-12-,33-29-. The van der Waals surface area contributed by atoms with E-state index < -0.39 is 5.97 Å². The Morgan fingerprint density at radius 3 is 1.44 bits per heavy atom. The lowest BCUT2D eigenvalue weighted by Crippen LogP contribution is -2.16. The van der Waals surface area contributed by atoms with Crippen LogP contribution in [-0.2, 0) is 14.3 Å². The number of hydrogen-bond donors (Lipinski definition) is 1. The van der Waals surface area contributed by atoms with Gasteiger partial charge in [-0.3, -0.25) is 9.59 Å². The van der Waals surface area contributed by atoms with Gasteiger partial charge in [0.05, 0.1) is 0 Å². The minimum atomic E-state index is -0.705. The van der Waals surface area contributed by atoms with Gasteiger partial charge < -0.3 is 9.84 Å². The van der Waals surface area contributed by atoms with Crippen molar-refractivity contribution in [3.63, 3.8) is 0 Å². The fraction of sp³-hybridized carbons (Fsp3) is 0.795. The Labute approximate surface area is 267 Å². The van der Waals surface area contributed by atoms with Crippen LogP contribution in [0.25, 0.3) is 0 Å². The van der Waals surface area contributed by atoms with Crippen LogP contribution in [0.2, 0.25) is 0 Å². The van der Waals surface area contributed by atoms with E-state index in [4.69, 9.17) is 9.84 Å². The third kappa shape index (κ3) is 34.5. The molecule has 1 unspecified atom stereocenters. The van der Waals surface area contributed by atoms with E-state index in [2.05, 4.69) is 50.3 Å². The normalized spacial score (nSPS) is 12.6. The molecular formula is C39H70O4. The maximum atomic E-state index is 12.6. The predicted octanol–water partition coefficient (Wildman–Crippen LogP) is 12.6. The first-order valence-corrected chi connectivity index (χ1v) is 18.5. The van der Waals surface area contributed by atoms with Gasteiger partial charge in [-0.05, 0) is 51.0 Å². The predicted molar refractivity (Wildman–Crippen MR) is 186 cm³/mol. The van der Waals surface area contributed by atoms with Gasteiger partial charge in [-0.2, -0.15) is 0 Å². The average molecular weight is 603 g/mol. The molecular weight excluding hydrogens is 532 g/mol. The van der Waals surface area contributed by atoms with Gasteiger partial charge in [0.15, 0.2) is 0 Å². The fourth-order valence-electron chi connectivity index (χ4n) is 5.41. The topological polar surface area (TPSA) is 63.6 Å². The Morgan fingerprint density at radius 1 is 0.535 bits per heavy atom. The van der Waals surface area contributed by atoms with Crippen molar-refractivity contribution in [1.29, 1.82) is 0 Å². The molecule has 0 aromatic heterocycles. The Bertz CT molecular complexity index is 693. The van der Waals surface area contributed by atoms with E-state index in [0.29, 0.717) is 6.42 Å². The second-order valence-corrected chi connectivity index (χ2v) is 12.4. The number of allylic oxidation sites excluding steroid dienone is 5. The number of carboxylic acid groups (broad SMARTS) is 1. The summed E-state index contributed by atoms with van der Waals surface area (Å²) in [5.74, 6) is -0.766. The van der Waals surface area contributed by atoms with Gasteiger partial charge in [0, 0.05) is 12.8 Å². The molecule has 4 nitrogen and oxygen atoms in total. The summed E-state index contributed by atoms with van der Waals surface area (Å²) in [6.07, 6.45) is 44.7. The number of aliphatic carboxylic acids is 1. The Balaban J connectivity index is 4.03. The summed E-state index contributed by atoms with van der Waals surface area (Å²) in [6.45, 7) is 4.42. The van der Waals surface area contributed by atoms with Crippen LogP contribution >= 0.6 is 0 Å². The Kier molecular flexibility index (Phi) is 33.2. The van der Waals surface area contributed by atoms with E-state index in [-0.39, 0.29) is 18.5 Å². The van der Waals surface area contributed by atoms with Gasteiger partial charge in [-0.1, -0.05) is 166 Å². The first kappa shape index (κ1) is 41.2. The van der Waals surface area contributed by atoms with Crippen molar-refractivity contribution in [2.75, 3.05) is 0 Å². The first-order valence-electron chi connectivity index (χ1n) is 18.5. The summed E-state index contributed by atoms with van der Waals surface area (Å²) in [4.78, 5) is 23.2. The number of hydrogen-bond acceptors (Lipinski definition) is 3. The maximum Gasteiger partial charge on any atom is 0.306 e. The third-order valence-electron chi connectivity index (χ3n) is 8.11. The second kappa shape index (κ2) is 34.6. The first-order chi connectivity index (χ1) is 21.1. The van der Waals surface area contributed by atoms with Crippen molar-refractivity contribution in [3.05, 3.63) is 36.5 Å². The van der Waals surface area contributed by atoms with E-state index in [1.807, 2.05) is 0 Å². The van der Waals surface area contributed by atoms with Crippen molar-refractivity contribution in [1.82, 2.24) is 0 Å². The summed E-state index contributed by atoms with van der Waals surface area (Å²) in [6, 6.07) is 0. The Hall–Kier alpha value is -1.84. The number of carbonyl (C=O) groups excluding carboxylic acids is 1. The van der Waals surface area contributed by atoms with E-state index in [0.717, 1.165) is 77.0 Å². The molecule has 0 saturated carbocycles. The lowest BCUT2D eigenvalue weighted by Gasteiger charge is -2.14. The van der Waals surface area contributed by atoms with Gasteiger partial charge in [0.1, 0.15) is 6.10 Å². The van der Waals surface area contributed by atoms with Gasteiger partial charge in [0.2, 0.25) is 0 Å². The molecule has 0 aromatic rings. The number of carboxylic acids is 1. The fourth-order valence-corrected chi connectivity index (χ4v) is 5.41. The van der Waals surface area contributed by atoms with Crippen molar-refractivity contribution in [2.24, 2.45) is 0 Å². The Morgan fingerprint density at radius 2 is 0.953 bits per heavy atom.